The van der Waals surface area contributed by atoms with Crippen LogP contribution in [0, 0.1) is 0 Å². The van der Waals surface area contributed by atoms with Gasteiger partial charge in [-0.15, -0.1) is 0 Å². The summed E-state index contributed by atoms with van der Waals surface area (Å²) in [6.07, 6.45) is 2.92. The number of aliphatic carboxylic acids is 1. The molecule has 0 bridgehead atoms. The molecule has 1 saturated carbocycles. The molecule has 0 radical (unpaired) electrons. The van der Waals surface area contributed by atoms with Gasteiger partial charge in [-0.1, -0.05) is 0 Å². The topological polar surface area (TPSA) is 53.0 Å². The lowest BCUT2D eigenvalue weighted by atomic mass is 9.75. The highest BCUT2D eigenvalue weighted by atomic mass is 16.5. The van der Waals surface area contributed by atoms with E-state index in [-0.39, 0.29) is 5.54 Å². The van der Waals surface area contributed by atoms with E-state index in [9.17, 15) is 4.79 Å². The van der Waals surface area contributed by atoms with Crippen LogP contribution in [0.3, 0.4) is 0 Å². The van der Waals surface area contributed by atoms with Crippen molar-refractivity contribution in [2.75, 3.05) is 40.8 Å². The maximum atomic E-state index is 11.0. The molecule has 18 heavy (non-hydrogen) atoms. The predicted molar refractivity (Wildman–Crippen MR) is 70.8 cm³/mol. The SMILES string of the molecule is CCOC(CN(C)CC1(N(C)C)CCC1)C(=O)O. The Labute approximate surface area is 110 Å². The number of hydrogen-bond acceptors (Lipinski definition) is 4. The van der Waals surface area contributed by atoms with E-state index >= 15 is 0 Å². The van der Waals surface area contributed by atoms with Gasteiger partial charge in [0.15, 0.2) is 6.10 Å². The van der Waals surface area contributed by atoms with E-state index in [1.807, 2.05) is 14.0 Å². The molecule has 5 nitrogen and oxygen atoms in total. The molecule has 0 saturated heterocycles. The molecule has 106 valence electrons. The fourth-order valence-electron chi connectivity index (χ4n) is 2.58. The average Bonchev–Trinajstić information content (AvgIpc) is 2.22. The van der Waals surface area contributed by atoms with Gasteiger partial charge >= 0.3 is 5.97 Å². The van der Waals surface area contributed by atoms with E-state index in [1.54, 1.807) is 0 Å². The minimum atomic E-state index is -0.879. The van der Waals surface area contributed by atoms with Gasteiger partial charge in [-0.25, -0.2) is 4.79 Å². The van der Waals surface area contributed by atoms with Crippen molar-refractivity contribution in [1.29, 1.82) is 0 Å². The van der Waals surface area contributed by atoms with Gasteiger partial charge < -0.3 is 19.6 Å². The summed E-state index contributed by atoms with van der Waals surface area (Å²) in [5.74, 6) is -0.879. The molecule has 0 amide bonds. The molecule has 0 aliphatic heterocycles. The number of carboxylic acid groups (broad SMARTS) is 1. The normalized spacial score (nSPS) is 19.9. The molecular formula is C13H26N2O3. The highest BCUT2D eigenvalue weighted by molar-refractivity contribution is 5.72. The highest BCUT2D eigenvalue weighted by Gasteiger charge is 2.40. The number of carbonyl (C=O) groups is 1. The van der Waals surface area contributed by atoms with Crippen molar-refractivity contribution < 1.29 is 14.6 Å². The number of ether oxygens (including phenoxy) is 1. The third kappa shape index (κ3) is 3.67. The van der Waals surface area contributed by atoms with Gasteiger partial charge in [0.2, 0.25) is 0 Å². The molecule has 1 aliphatic rings. The Balaban J connectivity index is 2.49. The Kier molecular flexibility index (Phi) is 5.56. The van der Waals surface area contributed by atoms with Crippen molar-refractivity contribution in [1.82, 2.24) is 9.80 Å². The molecule has 1 aliphatic carbocycles. The standard InChI is InChI=1S/C13H26N2O3/c1-5-18-11(12(16)17)9-15(4)10-13(14(2)3)7-6-8-13/h11H,5-10H2,1-4H3,(H,16,17). The summed E-state index contributed by atoms with van der Waals surface area (Å²) < 4.78 is 5.25. The molecule has 0 aromatic rings. The van der Waals surface area contributed by atoms with Crippen molar-refractivity contribution in [3.63, 3.8) is 0 Å². The van der Waals surface area contributed by atoms with Crippen LogP contribution in [0.4, 0.5) is 0 Å². The molecular weight excluding hydrogens is 232 g/mol. The van der Waals surface area contributed by atoms with Gasteiger partial charge in [0.25, 0.3) is 0 Å². The van der Waals surface area contributed by atoms with Gasteiger partial charge in [0.05, 0.1) is 0 Å². The van der Waals surface area contributed by atoms with E-state index in [2.05, 4.69) is 23.9 Å². The van der Waals surface area contributed by atoms with Crippen LogP contribution >= 0.6 is 0 Å². The fourth-order valence-corrected chi connectivity index (χ4v) is 2.58. The van der Waals surface area contributed by atoms with Crippen molar-refractivity contribution >= 4 is 5.97 Å². The minimum absolute atomic E-state index is 0.226. The summed E-state index contributed by atoms with van der Waals surface area (Å²) in [5.41, 5.74) is 0.226. The van der Waals surface area contributed by atoms with Crippen molar-refractivity contribution in [2.45, 2.75) is 37.8 Å². The van der Waals surface area contributed by atoms with E-state index in [0.29, 0.717) is 13.2 Å². The lowest BCUT2D eigenvalue weighted by Gasteiger charge is -2.49. The van der Waals surface area contributed by atoms with Gasteiger partial charge in [-0.05, 0) is 47.3 Å². The van der Waals surface area contributed by atoms with Crippen LogP contribution in [-0.2, 0) is 9.53 Å². The zero-order valence-electron chi connectivity index (χ0n) is 12.0. The number of carboxylic acids is 1. The Morgan fingerprint density at radius 2 is 2.00 bits per heavy atom. The average molecular weight is 258 g/mol. The van der Waals surface area contributed by atoms with Crippen LogP contribution in [0.25, 0.3) is 0 Å². The monoisotopic (exact) mass is 258 g/mol. The van der Waals surface area contributed by atoms with Crippen LogP contribution in [-0.4, -0.2) is 73.4 Å². The van der Waals surface area contributed by atoms with Crippen LogP contribution in [0.5, 0.6) is 0 Å². The van der Waals surface area contributed by atoms with Crippen molar-refractivity contribution in [3.8, 4) is 0 Å². The molecule has 5 heteroatoms. The van der Waals surface area contributed by atoms with E-state index in [0.717, 1.165) is 6.54 Å². The minimum Gasteiger partial charge on any atom is -0.479 e. The maximum Gasteiger partial charge on any atom is 0.334 e. The first-order valence-corrected chi connectivity index (χ1v) is 6.61. The fraction of sp³-hybridized carbons (Fsp3) is 0.923. The number of hydrogen-bond donors (Lipinski definition) is 1. The largest absolute Gasteiger partial charge is 0.479 e. The second-order valence-corrected chi connectivity index (χ2v) is 5.45. The third-order valence-corrected chi connectivity index (χ3v) is 3.92. The van der Waals surface area contributed by atoms with Gasteiger partial charge in [-0.3, -0.25) is 0 Å². The number of likely N-dealkylation sites (N-methyl/N-ethyl adjacent to an activating group) is 2. The maximum absolute atomic E-state index is 11.0. The Hall–Kier alpha value is -0.650. The van der Waals surface area contributed by atoms with E-state index < -0.39 is 12.1 Å². The lowest BCUT2D eigenvalue weighted by molar-refractivity contribution is -0.151. The Bertz CT molecular complexity index is 277. The van der Waals surface area contributed by atoms with Gasteiger partial charge in [-0.2, -0.15) is 0 Å². The highest BCUT2D eigenvalue weighted by Crippen LogP contribution is 2.36. The van der Waals surface area contributed by atoms with Crippen LogP contribution in [0.1, 0.15) is 26.2 Å². The second kappa shape index (κ2) is 6.50. The summed E-state index contributed by atoms with van der Waals surface area (Å²) in [4.78, 5) is 15.4. The molecule has 0 heterocycles. The number of nitrogens with zero attached hydrogens (tertiary/aromatic N) is 2. The molecule has 1 N–H and O–H groups in total. The van der Waals surface area contributed by atoms with Gasteiger partial charge in [0, 0.05) is 25.2 Å². The zero-order chi connectivity index (χ0) is 13.8. The summed E-state index contributed by atoms with van der Waals surface area (Å²) >= 11 is 0. The van der Waals surface area contributed by atoms with Crippen molar-refractivity contribution in [3.05, 3.63) is 0 Å². The molecule has 0 aromatic carbocycles. The number of rotatable bonds is 8. The molecule has 1 rings (SSSR count). The molecule has 1 fully saturated rings. The first-order valence-electron chi connectivity index (χ1n) is 6.61. The summed E-state index contributed by atoms with van der Waals surface area (Å²) in [6.45, 7) is 3.60. The molecule has 1 unspecified atom stereocenters. The van der Waals surface area contributed by atoms with E-state index in [4.69, 9.17) is 9.84 Å². The Morgan fingerprint density at radius 3 is 2.33 bits per heavy atom. The predicted octanol–water partition coefficient (Wildman–Crippen LogP) is 0.892. The van der Waals surface area contributed by atoms with Crippen molar-refractivity contribution in [2.24, 2.45) is 0 Å². The molecule has 1 atom stereocenters. The van der Waals surface area contributed by atoms with Crippen LogP contribution in [0.2, 0.25) is 0 Å². The first kappa shape index (κ1) is 15.4. The van der Waals surface area contributed by atoms with Crippen LogP contribution in [0.15, 0.2) is 0 Å². The van der Waals surface area contributed by atoms with Gasteiger partial charge in [0.1, 0.15) is 0 Å². The first-order chi connectivity index (χ1) is 8.41. The zero-order valence-corrected chi connectivity index (χ0v) is 12.0. The summed E-state index contributed by atoms with van der Waals surface area (Å²) in [5, 5.41) is 9.07. The lowest BCUT2D eigenvalue weighted by Crippen LogP contribution is -2.57. The van der Waals surface area contributed by atoms with Crippen LogP contribution < -0.4 is 0 Å². The Morgan fingerprint density at radius 1 is 1.39 bits per heavy atom. The van der Waals surface area contributed by atoms with E-state index in [1.165, 1.54) is 19.3 Å². The third-order valence-electron chi connectivity index (χ3n) is 3.92. The molecule has 0 aromatic heterocycles. The summed E-state index contributed by atoms with van der Waals surface area (Å²) in [7, 11) is 6.17. The molecule has 0 spiro atoms. The summed E-state index contributed by atoms with van der Waals surface area (Å²) in [6, 6.07) is 0. The smallest absolute Gasteiger partial charge is 0.334 e. The quantitative estimate of drug-likeness (QED) is 0.701. The second-order valence-electron chi connectivity index (χ2n) is 5.45.